The van der Waals surface area contributed by atoms with Crippen molar-refractivity contribution < 1.29 is 9.32 Å². The van der Waals surface area contributed by atoms with Gasteiger partial charge in [0, 0.05) is 24.2 Å². The fourth-order valence-electron chi connectivity index (χ4n) is 2.46. The van der Waals surface area contributed by atoms with Gasteiger partial charge in [-0.2, -0.15) is 0 Å². The summed E-state index contributed by atoms with van der Waals surface area (Å²) in [7, 11) is 3.54. The van der Waals surface area contributed by atoms with Crippen LogP contribution in [0.1, 0.15) is 28.6 Å². The standard InChI is InChI=1S/C16H20ClN3O2/c1-10-14(11(2)22-19-10)9-20(4)15(16(21)18-3)12-5-7-13(17)8-6-12/h5-8,15H,9H2,1-4H3,(H,18,21)/t15-/m1/s1. The molecule has 0 radical (unpaired) electrons. The normalized spacial score (nSPS) is 12.5. The van der Waals surface area contributed by atoms with E-state index in [-0.39, 0.29) is 5.91 Å². The van der Waals surface area contributed by atoms with E-state index in [0.29, 0.717) is 11.6 Å². The van der Waals surface area contributed by atoms with E-state index in [2.05, 4.69) is 10.5 Å². The Bertz CT molecular complexity index is 632. The number of hydrogen-bond acceptors (Lipinski definition) is 4. The number of aromatic nitrogens is 1. The SMILES string of the molecule is CNC(=O)[C@@H](c1ccc(Cl)cc1)N(C)Cc1c(C)noc1C. The van der Waals surface area contributed by atoms with Crippen LogP contribution in [0.4, 0.5) is 0 Å². The Balaban J connectivity index is 2.29. The molecule has 0 aliphatic rings. The molecule has 0 unspecified atom stereocenters. The van der Waals surface area contributed by atoms with Crippen LogP contribution in [-0.2, 0) is 11.3 Å². The van der Waals surface area contributed by atoms with E-state index in [1.165, 1.54) is 0 Å². The third-order valence-electron chi connectivity index (χ3n) is 3.71. The minimum atomic E-state index is -0.407. The highest BCUT2D eigenvalue weighted by atomic mass is 35.5. The molecule has 1 aromatic heterocycles. The zero-order valence-electron chi connectivity index (χ0n) is 13.2. The number of carbonyl (C=O) groups excluding carboxylic acids is 1. The van der Waals surface area contributed by atoms with Crippen LogP contribution in [0.3, 0.4) is 0 Å². The van der Waals surface area contributed by atoms with Gasteiger partial charge >= 0.3 is 0 Å². The quantitative estimate of drug-likeness (QED) is 0.920. The molecule has 1 N–H and O–H groups in total. The molecular formula is C16H20ClN3O2. The highest BCUT2D eigenvalue weighted by Gasteiger charge is 2.26. The van der Waals surface area contributed by atoms with Crippen molar-refractivity contribution in [1.29, 1.82) is 0 Å². The molecule has 0 saturated carbocycles. The maximum absolute atomic E-state index is 12.3. The summed E-state index contributed by atoms with van der Waals surface area (Å²) in [6.07, 6.45) is 0. The molecule has 0 spiro atoms. The van der Waals surface area contributed by atoms with Gasteiger partial charge in [-0.15, -0.1) is 0 Å². The van der Waals surface area contributed by atoms with Crippen molar-refractivity contribution in [2.24, 2.45) is 0 Å². The van der Waals surface area contributed by atoms with E-state index >= 15 is 0 Å². The lowest BCUT2D eigenvalue weighted by Gasteiger charge is -2.27. The smallest absolute Gasteiger partial charge is 0.241 e. The summed E-state index contributed by atoms with van der Waals surface area (Å²) >= 11 is 5.93. The minimum absolute atomic E-state index is 0.0726. The number of aryl methyl sites for hydroxylation is 2. The lowest BCUT2D eigenvalue weighted by molar-refractivity contribution is -0.125. The van der Waals surface area contributed by atoms with Gasteiger partial charge in [0.1, 0.15) is 11.8 Å². The highest BCUT2D eigenvalue weighted by Crippen LogP contribution is 2.25. The molecule has 1 atom stereocenters. The zero-order valence-corrected chi connectivity index (χ0v) is 13.9. The molecule has 2 rings (SSSR count). The number of amides is 1. The predicted molar refractivity (Wildman–Crippen MR) is 85.7 cm³/mol. The number of hydrogen-bond donors (Lipinski definition) is 1. The van der Waals surface area contributed by atoms with Gasteiger partial charge in [-0.1, -0.05) is 28.9 Å². The number of benzene rings is 1. The summed E-state index contributed by atoms with van der Waals surface area (Å²) < 4.78 is 5.19. The summed E-state index contributed by atoms with van der Waals surface area (Å²) in [6.45, 7) is 4.35. The van der Waals surface area contributed by atoms with Crippen molar-refractivity contribution in [2.75, 3.05) is 14.1 Å². The van der Waals surface area contributed by atoms with Crippen molar-refractivity contribution in [3.05, 3.63) is 51.9 Å². The highest BCUT2D eigenvalue weighted by molar-refractivity contribution is 6.30. The lowest BCUT2D eigenvalue weighted by atomic mass is 10.0. The molecule has 118 valence electrons. The van der Waals surface area contributed by atoms with Crippen LogP contribution in [-0.4, -0.2) is 30.1 Å². The molecule has 0 bridgehead atoms. The maximum atomic E-state index is 12.3. The van der Waals surface area contributed by atoms with E-state index < -0.39 is 6.04 Å². The van der Waals surface area contributed by atoms with E-state index in [1.54, 1.807) is 19.2 Å². The fraction of sp³-hybridized carbons (Fsp3) is 0.375. The van der Waals surface area contributed by atoms with Crippen molar-refractivity contribution in [1.82, 2.24) is 15.4 Å². The summed E-state index contributed by atoms with van der Waals surface area (Å²) in [5.41, 5.74) is 2.74. The molecule has 2 aromatic rings. The maximum Gasteiger partial charge on any atom is 0.241 e. The van der Waals surface area contributed by atoms with E-state index in [9.17, 15) is 4.79 Å². The topological polar surface area (TPSA) is 58.4 Å². The Morgan fingerprint density at radius 2 is 2.00 bits per heavy atom. The van der Waals surface area contributed by atoms with Gasteiger partial charge in [-0.25, -0.2) is 0 Å². The fourth-order valence-corrected chi connectivity index (χ4v) is 2.58. The molecule has 6 heteroatoms. The van der Waals surface area contributed by atoms with Crippen LogP contribution in [0.5, 0.6) is 0 Å². The molecule has 1 amide bonds. The van der Waals surface area contributed by atoms with Crippen LogP contribution in [0.15, 0.2) is 28.8 Å². The number of halogens is 1. The monoisotopic (exact) mass is 321 g/mol. The van der Waals surface area contributed by atoms with E-state index in [4.69, 9.17) is 16.1 Å². The van der Waals surface area contributed by atoms with E-state index in [1.807, 2.05) is 37.9 Å². The molecule has 0 aliphatic heterocycles. The summed E-state index contributed by atoms with van der Waals surface area (Å²) in [5, 5.41) is 7.32. The average molecular weight is 322 g/mol. The van der Waals surface area contributed by atoms with Gasteiger partial charge in [0.05, 0.1) is 5.69 Å². The summed E-state index contributed by atoms with van der Waals surface area (Å²) in [5.74, 6) is 0.702. The third-order valence-corrected chi connectivity index (χ3v) is 3.96. The zero-order chi connectivity index (χ0) is 16.3. The lowest BCUT2D eigenvalue weighted by Crippen LogP contribution is -2.37. The largest absolute Gasteiger partial charge is 0.361 e. The molecule has 0 fully saturated rings. The predicted octanol–water partition coefficient (Wildman–Crippen LogP) is 2.86. The van der Waals surface area contributed by atoms with Crippen molar-refractivity contribution in [2.45, 2.75) is 26.4 Å². The second-order valence-electron chi connectivity index (χ2n) is 5.29. The Morgan fingerprint density at radius 3 is 2.50 bits per heavy atom. The number of rotatable bonds is 5. The molecule has 0 saturated heterocycles. The molecule has 22 heavy (non-hydrogen) atoms. The van der Waals surface area contributed by atoms with Gasteiger partial charge in [0.2, 0.25) is 5.91 Å². The van der Waals surface area contributed by atoms with Gasteiger partial charge in [0.15, 0.2) is 0 Å². The van der Waals surface area contributed by atoms with Crippen LogP contribution >= 0.6 is 11.6 Å². The van der Waals surface area contributed by atoms with Crippen molar-refractivity contribution in [3.8, 4) is 0 Å². The first-order valence-electron chi connectivity index (χ1n) is 7.03. The van der Waals surface area contributed by atoms with Crippen LogP contribution in [0.25, 0.3) is 0 Å². The molecule has 1 heterocycles. The first-order valence-corrected chi connectivity index (χ1v) is 7.41. The molecule has 0 aliphatic carbocycles. The molecule has 5 nitrogen and oxygen atoms in total. The minimum Gasteiger partial charge on any atom is -0.361 e. The molecular weight excluding hydrogens is 302 g/mol. The van der Waals surface area contributed by atoms with Gasteiger partial charge in [-0.3, -0.25) is 9.69 Å². The summed E-state index contributed by atoms with van der Waals surface area (Å²) in [4.78, 5) is 14.3. The second-order valence-corrected chi connectivity index (χ2v) is 5.72. The number of nitrogens with zero attached hydrogens (tertiary/aromatic N) is 2. The second kappa shape index (κ2) is 6.94. The number of likely N-dealkylation sites (N-methyl/N-ethyl adjacent to an activating group) is 2. The van der Waals surface area contributed by atoms with Gasteiger partial charge < -0.3 is 9.84 Å². The van der Waals surface area contributed by atoms with Gasteiger partial charge in [-0.05, 0) is 38.6 Å². The van der Waals surface area contributed by atoms with Crippen LogP contribution in [0, 0.1) is 13.8 Å². The van der Waals surface area contributed by atoms with Gasteiger partial charge in [0.25, 0.3) is 0 Å². The van der Waals surface area contributed by atoms with Crippen LogP contribution in [0.2, 0.25) is 5.02 Å². The number of carbonyl (C=O) groups is 1. The first kappa shape index (κ1) is 16.5. The number of nitrogens with one attached hydrogen (secondary N) is 1. The van der Waals surface area contributed by atoms with Crippen molar-refractivity contribution in [3.63, 3.8) is 0 Å². The van der Waals surface area contributed by atoms with Crippen molar-refractivity contribution >= 4 is 17.5 Å². The third kappa shape index (κ3) is 3.48. The summed E-state index contributed by atoms with van der Waals surface area (Å²) in [6, 6.07) is 6.90. The van der Waals surface area contributed by atoms with E-state index in [0.717, 1.165) is 22.6 Å². The Morgan fingerprint density at radius 1 is 1.36 bits per heavy atom. The Kier molecular flexibility index (Phi) is 5.21. The molecule has 1 aromatic carbocycles. The Labute approximate surface area is 135 Å². The Hall–Kier alpha value is -1.85. The first-order chi connectivity index (χ1) is 10.4. The van der Waals surface area contributed by atoms with Crippen LogP contribution < -0.4 is 5.32 Å². The average Bonchev–Trinajstić information content (AvgIpc) is 2.81.